The van der Waals surface area contributed by atoms with Gasteiger partial charge < -0.3 is 5.32 Å². The third-order valence-electron chi connectivity index (χ3n) is 2.15. The summed E-state index contributed by atoms with van der Waals surface area (Å²) in [5.74, 6) is 0. The molecule has 2 rings (SSSR count). The smallest absolute Gasteiger partial charge is 0.112 e. The Morgan fingerprint density at radius 2 is 1.56 bits per heavy atom. The van der Waals surface area contributed by atoms with Gasteiger partial charge in [0.2, 0.25) is 0 Å². The van der Waals surface area contributed by atoms with E-state index in [1.165, 1.54) is 0 Å². The molecule has 0 unspecified atom stereocenters. The molecule has 0 bridgehead atoms. The molecular weight excluding hydrogens is 282 g/mol. The van der Waals surface area contributed by atoms with E-state index in [0.717, 1.165) is 20.7 Å². The highest BCUT2D eigenvalue weighted by molar-refractivity contribution is 9.10. The Kier molecular flexibility index (Phi) is 3.70. The first-order chi connectivity index (χ1) is 7.77. The fraction of sp³-hybridized carbons (Fsp3) is 0. The minimum absolute atomic E-state index is 0.721. The highest BCUT2D eigenvalue weighted by atomic mass is 79.9. The summed E-state index contributed by atoms with van der Waals surface area (Å²) in [7, 11) is 0. The molecule has 0 spiro atoms. The van der Waals surface area contributed by atoms with Crippen LogP contribution in [0.1, 0.15) is 5.56 Å². The first-order valence-electron chi connectivity index (χ1n) is 4.88. The van der Waals surface area contributed by atoms with Gasteiger partial charge >= 0.3 is 0 Å². The largest absolute Gasteiger partial charge is 0.346 e. The van der Waals surface area contributed by atoms with Gasteiger partial charge in [-0.3, -0.25) is 0 Å². The van der Waals surface area contributed by atoms with Crippen molar-refractivity contribution in [1.82, 2.24) is 0 Å². The molecule has 0 heterocycles. The quantitative estimate of drug-likeness (QED) is 0.831. The van der Waals surface area contributed by atoms with Gasteiger partial charge in [-0.25, -0.2) is 0 Å². The molecule has 0 atom stereocenters. The number of hydrogen-bond donors (Lipinski definition) is 1. The standard InChI is InChI=1S/C13H10BrNS/c14-12-9-5-4-8-11(12)13(16)15-10-6-2-1-3-7-10/h1-9H,(H,15,16). The van der Waals surface area contributed by atoms with Gasteiger partial charge in [-0.1, -0.05) is 64.5 Å². The number of halogens is 1. The molecule has 0 amide bonds. The van der Waals surface area contributed by atoms with Crippen LogP contribution in [0.2, 0.25) is 0 Å². The van der Waals surface area contributed by atoms with Crippen LogP contribution in [0.3, 0.4) is 0 Å². The lowest BCUT2D eigenvalue weighted by Gasteiger charge is -2.09. The topological polar surface area (TPSA) is 12.0 Å². The fourth-order valence-corrected chi connectivity index (χ4v) is 2.28. The first kappa shape index (κ1) is 11.3. The Bertz CT molecular complexity index is 496. The lowest BCUT2D eigenvalue weighted by molar-refractivity contribution is 1.57. The summed E-state index contributed by atoms with van der Waals surface area (Å²) in [4.78, 5) is 0.721. The van der Waals surface area contributed by atoms with Gasteiger partial charge in [0.05, 0.1) is 0 Å². The summed E-state index contributed by atoms with van der Waals surface area (Å²) < 4.78 is 1.00. The monoisotopic (exact) mass is 291 g/mol. The number of hydrogen-bond acceptors (Lipinski definition) is 1. The number of benzene rings is 2. The van der Waals surface area contributed by atoms with Crippen LogP contribution in [0.4, 0.5) is 5.69 Å². The molecule has 2 aromatic rings. The molecule has 3 heteroatoms. The Labute approximate surface area is 109 Å². The van der Waals surface area contributed by atoms with Crippen LogP contribution in [-0.4, -0.2) is 4.99 Å². The van der Waals surface area contributed by atoms with E-state index in [0.29, 0.717) is 0 Å². The maximum absolute atomic E-state index is 5.35. The second-order valence-electron chi connectivity index (χ2n) is 3.30. The van der Waals surface area contributed by atoms with E-state index in [1.807, 2.05) is 54.6 Å². The molecule has 0 saturated heterocycles. The van der Waals surface area contributed by atoms with Crippen LogP contribution in [-0.2, 0) is 0 Å². The second-order valence-corrected chi connectivity index (χ2v) is 4.56. The van der Waals surface area contributed by atoms with Gasteiger partial charge in [-0.15, -0.1) is 0 Å². The van der Waals surface area contributed by atoms with Gasteiger partial charge in [-0.05, 0) is 18.2 Å². The molecule has 0 fully saturated rings. The van der Waals surface area contributed by atoms with E-state index in [9.17, 15) is 0 Å². The maximum atomic E-state index is 5.35. The number of anilines is 1. The number of para-hydroxylation sites is 1. The van der Waals surface area contributed by atoms with Crippen LogP contribution >= 0.6 is 28.1 Å². The lowest BCUT2D eigenvalue weighted by Crippen LogP contribution is -2.10. The molecule has 2 aromatic carbocycles. The van der Waals surface area contributed by atoms with Crippen LogP contribution in [0.15, 0.2) is 59.1 Å². The third kappa shape index (κ3) is 2.68. The van der Waals surface area contributed by atoms with E-state index >= 15 is 0 Å². The zero-order chi connectivity index (χ0) is 11.4. The minimum Gasteiger partial charge on any atom is -0.346 e. The average molecular weight is 292 g/mol. The molecule has 16 heavy (non-hydrogen) atoms. The predicted octanol–water partition coefficient (Wildman–Crippen LogP) is 4.24. The van der Waals surface area contributed by atoms with Crippen LogP contribution < -0.4 is 5.32 Å². The van der Waals surface area contributed by atoms with E-state index in [2.05, 4.69) is 21.2 Å². The van der Waals surface area contributed by atoms with Crippen molar-refractivity contribution in [2.45, 2.75) is 0 Å². The van der Waals surface area contributed by atoms with Crippen LogP contribution in [0.25, 0.3) is 0 Å². The first-order valence-corrected chi connectivity index (χ1v) is 6.08. The zero-order valence-electron chi connectivity index (χ0n) is 8.48. The summed E-state index contributed by atoms with van der Waals surface area (Å²) in [6.07, 6.45) is 0. The van der Waals surface area contributed by atoms with Gasteiger partial charge in [0.15, 0.2) is 0 Å². The summed E-state index contributed by atoms with van der Waals surface area (Å²) in [5, 5.41) is 3.20. The van der Waals surface area contributed by atoms with Crippen molar-refractivity contribution in [3.8, 4) is 0 Å². The van der Waals surface area contributed by atoms with Crippen LogP contribution in [0.5, 0.6) is 0 Å². The zero-order valence-corrected chi connectivity index (χ0v) is 10.9. The highest BCUT2D eigenvalue weighted by Crippen LogP contribution is 2.18. The molecular formula is C13H10BrNS. The maximum Gasteiger partial charge on any atom is 0.112 e. The number of nitrogens with one attached hydrogen (secondary N) is 1. The number of thiocarbonyl (C=S) groups is 1. The van der Waals surface area contributed by atoms with Crippen LogP contribution in [0, 0.1) is 0 Å². The van der Waals surface area contributed by atoms with Gasteiger partial charge in [0.1, 0.15) is 4.99 Å². The molecule has 0 aliphatic carbocycles. The van der Waals surface area contributed by atoms with Crippen molar-refractivity contribution < 1.29 is 0 Å². The fourth-order valence-electron chi connectivity index (χ4n) is 1.37. The van der Waals surface area contributed by atoms with Crippen molar-refractivity contribution in [2.75, 3.05) is 5.32 Å². The van der Waals surface area contributed by atoms with E-state index < -0.39 is 0 Å². The Balaban J connectivity index is 2.19. The molecule has 0 radical (unpaired) electrons. The van der Waals surface area contributed by atoms with Crippen molar-refractivity contribution in [3.05, 3.63) is 64.6 Å². The molecule has 0 aromatic heterocycles. The number of rotatable bonds is 2. The normalized spacial score (nSPS) is 9.81. The van der Waals surface area contributed by atoms with E-state index in [-0.39, 0.29) is 0 Å². The SMILES string of the molecule is S=C(Nc1ccccc1)c1ccccc1Br. The Morgan fingerprint density at radius 3 is 2.25 bits per heavy atom. The second kappa shape index (κ2) is 5.23. The summed E-state index contributed by atoms with van der Waals surface area (Å²) in [6, 6.07) is 17.8. The molecule has 1 nitrogen and oxygen atoms in total. The molecule has 0 aliphatic heterocycles. The highest BCUT2D eigenvalue weighted by Gasteiger charge is 2.04. The van der Waals surface area contributed by atoms with E-state index in [1.54, 1.807) is 0 Å². The molecule has 1 N–H and O–H groups in total. The summed E-state index contributed by atoms with van der Waals surface area (Å²) >= 11 is 8.83. The molecule has 0 saturated carbocycles. The average Bonchev–Trinajstić information content (AvgIpc) is 2.31. The summed E-state index contributed by atoms with van der Waals surface area (Å²) in [5.41, 5.74) is 2.00. The van der Waals surface area contributed by atoms with E-state index in [4.69, 9.17) is 12.2 Å². The van der Waals surface area contributed by atoms with Gasteiger partial charge in [-0.2, -0.15) is 0 Å². The summed E-state index contributed by atoms with van der Waals surface area (Å²) in [6.45, 7) is 0. The van der Waals surface area contributed by atoms with Crippen molar-refractivity contribution in [2.24, 2.45) is 0 Å². The Hall–Kier alpha value is -1.19. The third-order valence-corrected chi connectivity index (χ3v) is 3.16. The Morgan fingerprint density at radius 1 is 0.938 bits per heavy atom. The van der Waals surface area contributed by atoms with Crippen molar-refractivity contribution in [1.29, 1.82) is 0 Å². The minimum atomic E-state index is 0.721. The van der Waals surface area contributed by atoms with Crippen molar-refractivity contribution >= 4 is 38.8 Å². The van der Waals surface area contributed by atoms with Gasteiger partial charge in [0, 0.05) is 15.7 Å². The molecule has 0 aliphatic rings. The molecule has 80 valence electrons. The van der Waals surface area contributed by atoms with Crippen molar-refractivity contribution in [3.63, 3.8) is 0 Å². The predicted molar refractivity (Wildman–Crippen MR) is 75.9 cm³/mol. The lowest BCUT2D eigenvalue weighted by atomic mass is 10.2. The van der Waals surface area contributed by atoms with Gasteiger partial charge in [0.25, 0.3) is 0 Å².